The van der Waals surface area contributed by atoms with Crippen LogP contribution in [-0.4, -0.2) is 32.4 Å². The molecule has 1 aromatic carbocycles. The molecule has 118 valence electrons. The number of rotatable bonds is 10. The molecule has 4 heteroatoms. The van der Waals surface area contributed by atoms with Crippen LogP contribution < -0.4 is 4.74 Å². The first-order valence-electron chi connectivity index (χ1n) is 7.60. The third-order valence-electron chi connectivity index (χ3n) is 3.29. The number of benzene rings is 1. The van der Waals surface area contributed by atoms with Crippen molar-refractivity contribution >= 4 is 5.97 Å². The Morgan fingerprint density at radius 1 is 1.14 bits per heavy atom. The molecular formula is C17H26O4. The van der Waals surface area contributed by atoms with Crippen molar-refractivity contribution in [2.24, 2.45) is 0 Å². The third-order valence-corrected chi connectivity index (χ3v) is 3.29. The fourth-order valence-corrected chi connectivity index (χ4v) is 1.92. The van der Waals surface area contributed by atoms with Gasteiger partial charge in [-0.1, -0.05) is 6.42 Å². The number of unbranched alkanes of at least 4 members (excludes halogenated alkanes) is 2. The second-order valence-electron chi connectivity index (χ2n) is 4.99. The maximum atomic E-state index is 11.5. The summed E-state index contributed by atoms with van der Waals surface area (Å²) >= 11 is 0. The van der Waals surface area contributed by atoms with E-state index in [9.17, 15) is 4.79 Å². The smallest absolute Gasteiger partial charge is 0.338 e. The Labute approximate surface area is 127 Å². The fraction of sp³-hybridized carbons (Fsp3) is 0.588. The Hall–Kier alpha value is -1.55. The van der Waals surface area contributed by atoms with Crippen LogP contribution in [0.15, 0.2) is 24.3 Å². The summed E-state index contributed by atoms with van der Waals surface area (Å²) in [7, 11) is 1.74. The fourth-order valence-electron chi connectivity index (χ4n) is 1.92. The summed E-state index contributed by atoms with van der Waals surface area (Å²) in [6.07, 6.45) is 4.73. The molecule has 0 aliphatic rings. The largest absolute Gasteiger partial charge is 0.494 e. The van der Waals surface area contributed by atoms with Gasteiger partial charge in [0.25, 0.3) is 0 Å². The van der Waals surface area contributed by atoms with Crippen molar-refractivity contribution in [2.45, 2.75) is 45.6 Å². The van der Waals surface area contributed by atoms with Crippen molar-refractivity contribution in [3.8, 4) is 5.75 Å². The monoisotopic (exact) mass is 294 g/mol. The topological polar surface area (TPSA) is 44.8 Å². The van der Waals surface area contributed by atoms with Gasteiger partial charge in [0.15, 0.2) is 0 Å². The Morgan fingerprint density at radius 3 is 2.48 bits per heavy atom. The minimum Gasteiger partial charge on any atom is -0.494 e. The molecule has 0 N–H and O–H groups in total. The molecule has 1 aromatic rings. The minimum atomic E-state index is -0.295. The molecule has 0 amide bonds. The third kappa shape index (κ3) is 7.14. The van der Waals surface area contributed by atoms with Gasteiger partial charge in [0.05, 0.1) is 24.9 Å². The zero-order valence-electron chi connectivity index (χ0n) is 13.3. The molecule has 1 unspecified atom stereocenters. The minimum absolute atomic E-state index is 0.295. The molecule has 0 aliphatic heterocycles. The first kappa shape index (κ1) is 17.5. The lowest BCUT2D eigenvalue weighted by Gasteiger charge is -2.09. The van der Waals surface area contributed by atoms with E-state index in [1.807, 2.05) is 0 Å². The molecule has 0 saturated heterocycles. The van der Waals surface area contributed by atoms with Crippen LogP contribution >= 0.6 is 0 Å². The second kappa shape index (κ2) is 10.2. The van der Waals surface area contributed by atoms with Crippen LogP contribution in [0.5, 0.6) is 5.75 Å². The van der Waals surface area contributed by atoms with E-state index in [-0.39, 0.29) is 5.97 Å². The summed E-state index contributed by atoms with van der Waals surface area (Å²) in [4.78, 5) is 11.5. The number of methoxy groups -OCH3 is 1. The predicted octanol–water partition coefficient (Wildman–Crippen LogP) is 3.84. The molecule has 1 atom stereocenters. The summed E-state index contributed by atoms with van der Waals surface area (Å²) in [6, 6.07) is 7.07. The molecule has 1 rings (SSSR count). The molecule has 0 fully saturated rings. The molecule has 21 heavy (non-hydrogen) atoms. The highest BCUT2D eigenvalue weighted by molar-refractivity contribution is 5.89. The molecule has 0 heterocycles. The Morgan fingerprint density at radius 2 is 1.86 bits per heavy atom. The number of hydrogen-bond donors (Lipinski definition) is 0. The lowest BCUT2D eigenvalue weighted by Crippen LogP contribution is -2.05. The maximum Gasteiger partial charge on any atom is 0.338 e. The van der Waals surface area contributed by atoms with Crippen LogP contribution in [0.4, 0.5) is 0 Å². The van der Waals surface area contributed by atoms with Crippen LogP contribution in [0.1, 0.15) is 49.9 Å². The molecule has 0 aliphatic carbocycles. The highest BCUT2D eigenvalue weighted by atomic mass is 16.5. The highest BCUT2D eigenvalue weighted by Gasteiger charge is 2.05. The van der Waals surface area contributed by atoms with Crippen molar-refractivity contribution in [3.05, 3.63) is 29.8 Å². The van der Waals surface area contributed by atoms with Gasteiger partial charge in [0.1, 0.15) is 5.75 Å². The standard InChI is InChI=1S/C17H26O4/c1-4-20-17(18)15-9-11-16(12-10-15)21-13-7-5-6-8-14(2)19-3/h9-12,14H,4-8,13H2,1-3H3. The first-order valence-corrected chi connectivity index (χ1v) is 7.60. The maximum absolute atomic E-state index is 11.5. The van der Waals surface area contributed by atoms with Crippen molar-refractivity contribution in [1.29, 1.82) is 0 Å². The van der Waals surface area contributed by atoms with Gasteiger partial charge in [-0.25, -0.2) is 4.79 Å². The second-order valence-corrected chi connectivity index (χ2v) is 4.99. The zero-order chi connectivity index (χ0) is 15.5. The number of ether oxygens (including phenoxy) is 3. The van der Waals surface area contributed by atoms with E-state index in [1.54, 1.807) is 38.3 Å². The Balaban J connectivity index is 2.19. The summed E-state index contributed by atoms with van der Waals surface area (Å²) in [5.41, 5.74) is 0.553. The summed E-state index contributed by atoms with van der Waals surface area (Å²) in [6.45, 7) is 4.96. The lowest BCUT2D eigenvalue weighted by molar-refractivity contribution is 0.0526. The molecule has 4 nitrogen and oxygen atoms in total. The van der Waals surface area contributed by atoms with E-state index in [4.69, 9.17) is 14.2 Å². The number of hydrogen-bond acceptors (Lipinski definition) is 4. The van der Waals surface area contributed by atoms with E-state index in [2.05, 4.69) is 6.92 Å². The average molecular weight is 294 g/mol. The normalized spacial score (nSPS) is 12.0. The summed E-state index contributed by atoms with van der Waals surface area (Å²) in [5.74, 6) is 0.490. The highest BCUT2D eigenvalue weighted by Crippen LogP contribution is 2.14. The van der Waals surface area contributed by atoms with Crippen LogP contribution in [0.3, 0.4) is 0 Å². The lowest BCUT2D eigenvalue weighted by atomic mass is 10.1. The molecular weight excluding hydrogens is 268 g/mol. The van der Waals surface area contributed by atoms with Crippen LogP contribution in [0.25, 0.3) is 0 Å². The van der Waals surface area contributed by atoms with Crippen molar-refractivity contribution in [2.75, 3.05) is 20.3 Å². The van der Waals surface area contributed by atoms with Gasteiger partial charge < -0.3 is 14.2 Å². The molecule has 0 spiro atoms. The quantitative estimate of drug-likeness (QED) is 0.486. The van der Waals surface area contributed by atoms with E-state index in [0.29, 0.717) is 24.9 Å². The SMILES string of the molecule is CCOC(=O)c1ccc(OCCCCCC(C)OC)cc1. The summed E-state index contributed by atoms with van der Waals surface area (Å²) in [5, 5.41) is 0. The number of carbonyl (C=O) groups excluding carboxylic acids is 1. The molecule has 0 radical (unpaired) electrons. The van der Waals surface area contributed by atoms with Crippen molar-refractivity contribution in [1.82, 2.24) is 0 Å². The van der Waals surface area contributed by atoms with E-state index in [1.165, 1.54) is 0 Å². The number of carbonyl (C=O) groups is 1. The van der Waals surface area contributed by atoms with Crippen LogP contribution in [-0.2, 0) is 9.47 Å². The van der Waals surface area contributed by atoms with Gasteiger partial charge in [-0.2, -0.15) is 0 Å². The van der Waals surface area contributed by atoms with E-state index in [0.717, 1.165) is 31.4 Å². The first-order chi connectivity index (χ1) is 10.2. The van der Waals surface area contributed by atoms with E-state index < -0.39 is 0 Å². The van der Waals surface area contributed by atoms with Gasteiger partial charge in [0, 0.05) is 7.11 Å². The van der Waals surface area contributed by atoms with Crippen LogP contribution in [0.2, 0.25) is 0 Å². The Bertz CT molecular complexity index is 400. The predicted molar refractivity (Wildman–Crippen MR) is 82.8 cm³/mol. The average Bonchev–Trinajstić information content (AvgIpc) is 2.51. The summed E-state index contributed by atoms with van der Waals surface area (Å²) < 4.78 is 15.8. The molecule has 0 bridgehead atoms. The molecule has 0 saturated carbocycles. The van der Waals surface area contributed by atoms with Crippen molar-refractivity contribution in [3.63, 3.8) is 0 Å². The van der Waals surface area contributed by atoms with E-state index >= 15 is 0 Å². The van der Waals surface area contributed by atoms with Crippen LogP contribution in [0, 0.1) is 0 Å². The molecule has 0 aromatic heterocycles. The Kier molecular flexibility index (Phi) is 8.51. The van der Waals surface area contributed by atoms with Gasteiger partial charge in [0.2, 0.25) is 0 Å². The van der Waals surface area contributed by atoms with Gasteiger partial charge >= 0.3 is 5.97 Å². The van der Waals surface area contributed by atoms with Gasteiger partial charge in [-0.3, -0.25) is 0 Å². The van der Waals surface area contributed by atoms with Crippen molar-refractivity contribution < 1.29 is 19.0 Å². The van der Waals surface area contributed by atoms with Gasteiger partial charge in [-0.15, -0.1) is 0 Å². The number of esters is 1. The zero-order valence-corrected chi connectivity index (χ0v) is 13.3. The van der Waals surface area contributed by atoms with Gasteiger partial charge in [-0.05, 0) is 57.4 Å².